The summed E-state index contributed by atoms with van der Waals surface area (Å²) >= 11 is 12.8. The Bertz CT molecular complexity index is 1130. The molecule has 0 saturated carbocycles. The van der Waals surface area contributed by atoms with Crippen molar-refractivity contribution >= 4 is 29.3 Å². The summed E-state index contributed by atoms with van der Waals surface area (Å²) in [7, 11) is 2.09. The molecule has 3 aromatic rings. The van der Waals surface area contributed by atoms with Gasteiger partial charge in [0, 0.05) is 40.8 Å². The summed E-state index contributed by atoms with van der Waals surface area (Å²) in [6.45, 7) is 7.15. The van der Waals surface area contributed by atoms with E-state index in [-0.39, 0.29) is 5.92 Å². The van der Waals surface area contributed by atoms with Crippen LogP contribution in [-0.4, -0.2) is 40.0 Å². The maximum Gasteiger partial charge on any atom is 0.435 e. The van der Waals surface area contributed by atoms with Gasteiger partial charge in [0.15, 0.2) is 0 Å². The lowest BCUT2D eigenvalue weighted by Gasteiger charge is -2.33. The van der Waals surface area contributed by atoms with Gasteiger partial charge in [-0.2, -0.15) is 9.78 Å². The smallest absolute Gasteiger partial charge is 0.435 e. The summed E-state index contributed by atoms with van der Waals surface area (Å²) in [5, 5.41) is 5.54. The highest BCUT2D eigenvalue weighted by atomic mass is 35.5. The van der Waals surface area contributed by atoms with Gasteiger partial charge in [0.05, 0.1) is 6.20 Å². The molecule has 0 bridgehead atoms. The predicted octanol–water partition coefficient (Wildman–Crippen LogP) is 6.22. The number of carbonyl (C=O) groups excluding carboxylic acids is 1. The van der Waals surface area contributed by atoms with Crippen molar-refractivity contribution in [2.45, 2.75) is 38.8 Å². The molecule has 0 fully saturated rings. The van der Waals surface area contributed by atoms with E-state index in [4.69, 9.17) is 27.9 Å². The summed E-state index contributed by atoms with van der Waals surface area (Å²) < 4.78 is 6.63. The molecule has 0 N–H and O–H groups in total. The molecule has 0 spiro atoms. The van der Waals surface area contributed by atoms with Gasteiger partial charge in [0.1, 0.15) is 5.60 Å². The molecule has 162 valence electrons. The number of rotatable bonds is 2. The lowest BCUT2D eigenvalue weighted by Crippen LogP contribution is -2.31. The Labute approximate surface area is 192 Å². The summed E-state index contributed by atoms with van der Waals surface area (Å²) in [5.41, 5.74) is 4.70. The highest BCUT2D eigenvalue weighted by molar-refractivity contribution is 6.35. The van der Waals surface area contributed by atoms with Gasteiger partial charge in [-0.15, -0.1) is 0 Å². The number of fused-ring (bicyclic) bond motifs is 1. The molecule has 2 aromatic carbocycles. The van der Waals surface area contributed by atoms with Crippen molar-refractivity contribution in [3.63, 3.8) is 0 Å². The molecular formula is C24H25Cl2N3O2. The molecule has 1 aliphatic rings. The average Bonchev–Trinajstić information content (AvgIpc) is 3.17. The monoisotopic (exact) mass is 457 g/mol. The molecule has 0 saturated heterocycles. The molecule has 2 heterocycles. The number of aromatic nitrogens is 2. The molecule has 0 aliphatic carbocycles. The molecule has 0 radical (unpaired) electrons. The van der Waals surface area contributed by atoms with Crippen LogP contribution in [0, 0.1) is 0 Å². The Morgan fingerprint density at radius 3 is 2.68 bits per heavy atom. The van der Waals surface area contributed by atoms with Crippen LogP contribution in [0.1, 0.15) is 43.4 Å². The molecule has 7 heteroatoms. The van der Waals surface area contributed by atoms with Gasteiger partial charge in [0.25, 0.3) is 0 Å². The lowest BCUT2D eigenvalue weighted by molar-refractivity contribution is 0.0514. The van der Waals surface area contributed by atoms with Crippen molar-refractivity contribution in [1.29, 1.82) is 0 Å². The third kappa shape index (κ3) is 4.79. The van der Waals surface area contributed by atoms with Gasteiger partial charge in [-0.1, -0.05) is 47.5 Å². The second-order valence-electron chi connectivity index (χ2n) is 8.98. The quantitative estimate of drug-likeness (QED) is 0.458. The fraction of sp³-hybridized carbons (Fsp3) is 0.333. The first-order valence-corrected chi connectivity index (χ1v) is 10.9. The molecule has 4 rings (SSSR count). The van der Waals surface area contributed by atoms with Gasteiger partial charge in [0.2, 0.25) is 0 Å². The molecule has 5 nitrogen and oxygen atoms in total. The Kier molecular flexibility index (Phi) is 5.86. The van der Waals surface area contributed by atoms with Crippen LogP contribution < -0.4 is 0 Å². The minimum atomic E-state index is -0.577. The highest BCUT2D eigenvalue weighted by Crippen LogP contribution is 2.39. The fourth-order valence-electron chi connectivity index (χ4n) is 3.95. The van der Waals surface area contributed by atoms with E-state index in [0.717, 1.165) is 40.9 Å². The van der Waals surface area contributed by atoms with E-state index in [2.05, 4.69) is 29.2 Å². The fourth-order valence-corrected chi connectivity index (χ4v) is 4.51. The second-order valence-corrected chi connectivity index (χ2v) is 9.83. The number of ether oxygens (including phenoxy) is 1. The van der Waals surface area contributed by atoms with E-state index in [1.807, 2.05) is 39.0 Å². The minimum absolute atomic E-state index is 0.144. The molecular weight excluding hydrogens is 433 g/mol. The van der Waals surface area contributed by atoms with Crippen LogP contribution >= 0.6 is 23.2 Å². The van der Waals surface area contributed by atoms with Gasteiger partial charge in [-0.25, -0.2) is 4.79 Å². The maximum absolute atomic E-state index is 12.3. The third-order valence-electron chi connectivity index (χ3n) is 5.28. The Balaban J connectivity index is 1.67. The van der Waals surface area contributed by atoms with Crippen LogP contribution in [0.3, 0.4) is 0 Å². The van der Waals surface area contributed by atoms with Crippen molar-refractivity contribution in [1.82, 2.24) is 14.7 Å². The van der Waals surface area contributed by atoms with Crippen molar-refractivity contribution in [3.05, 3.63) is 75.5 Å². The summed E-state index contributed by atoms with van der Waals surface area (Å²) in [4.78, 5) is 14.6. The first-order chi connectivity index (χ1) is 14.6. The zero-order valence-electron chi connectivity index (χ0n) is 18.0. The third-order valence-corrected chi connectivity index (χ3v) is 5.83. The van der Waals surface area contributed by atoms with Crippen molar-refractivity contribution in [2.24, 2.45) is 0 Å². The molecule has 31 heavy (non-hydrogen) atoms. The largest absolute Gasteiger partial charge is 0.442 e. The van der Waals surface area contributed by atoms with E-state index >= 15 is 0 Å². The van der Waals surface area contributed by atoms with Crippen LogP contribution in [-0.2, 0) is 11.3 Å². The number of nitrogens with zero attached hydrogens (tertiary/aromatic N) is 3. The summed E-state index contributed by atoms with van der Waals surface area (Å²) in [5.74, 6) is 0.144. The highest BCUT2D eigenvalue weighted by Gasteiger charge is 2.27. The second kappa shape index (κ2) is 8.30. The minimum Gasteiger partial charge on any atom is -0.442 e. The number of hydrogen-bond acceptors (Lipinski definition) is 4. The SMILES string of the molecule is CN1Cc2c(Cl)cc(Cl)cc2[C@H](c2cccc(-c3cnn(C(=O)OC(C)(C)C)c3)c2)C1. The van der Waals surface area contributed by atoms with Crippen LogP contribution in [0.5, 0.6) is 0 Å². The van der Waals surface area contributed by atoms with Gasteiger partial charge in [-0.05, 0) is 62.2 Å². The van der Waals surface area contributed by atoms with Crippen molar-refractivity contribution in [3.8, 4) is 11.1 Å². The number of likely N-dealkylation sites (N-methyl/N-ethyl adjacent to an activating group) is 1. The molecule has 1 aliphatic heterocycles. The van der Waals surface area contributed by atoms with E-state index in [1.165, 1.54) is 4.68 Å². The van der Waals surface area contributed by atoms with E-state index in [9.17, 15) is 4.79 Å². The van der Waals surface area contributed by atoms with E-state index < -0.39 is 11.7 Å². The standard InChI is InChI=1S/C24H25Cl2N3O2/c1-24(2,3)31-23(30)29-12-17(11-27-29)15-6-5-7-16(8-15)20-13-28(4)14-21-19(20)9-18(25)10-22(21)26/h5-12,20H,13-14H2,1-4H3/t20-/m0/s1. The van der Waals surface area contributed by atoms with Crippen LogP contribution in [0.25, 0.3) is 11.1 Å². The summed E-state index contributed by atoms with van der Waals surface area (Å²) in [6, 6.07) is 12.1. The van der Waals surface area contributed by atoms with Crippen LogP contribution in [0.15, 0.2) is 48.8 Å². The molecule has 0 amide bonds. The van der Waals surface area contributed by atoms with Crippen LogP contribution in [0.2, 0.25) is 10.0 Å². The summed E-state index contributed by atoms with van der Waals surface area (Å²) in [6.07, 6.45) is 2.88. The Morgan fingerprint density at radius 1 is 1.16 bits per heavy atom. The van der Waals surface area contributed by atoms with E-state index in [0.29, 0.717) is 10.0 Å². The van der Waals surface area contributed by atoms with Crippen molar-refractivity contribution in [2.75, 3.05) is 13.6 Å². The normalized spacial score (nSPS) is 16.8. The van der Waals surface area contributed by atoms with Crippen molar-refractivity contribution < 1.29 is 9.53 Å². The zero-order valence-corrected chi connectivity index (χ0v) is 19.5. The van der Waals surface area contributed by atoms with Gasteiger partial charge < -0.3 is 9.64 Å². The number of benzene rings is 2. The predicted molar refractivity (Wildman–Crippen MR) is 124 cm³/mol. The first kappa shape index (κ1) is 21.9. The van der Waals surface area contributed by atoms with Gasteiger partial charge in [-0.3, -0.25) is 0 Å². The molecule has 1 atom stereocenters. The topological polar surface area (TPSA) is 47.4 Å². The Morgan fingerprint density at radius 2 is 1.94 bits per heavy atom. The number of carbonyl (C=O) groups is 1. The molecule has 0 unspecified atom stereocenters. The van der Waals surface area contributed by atoms with E-state index in [1.54, 1.807) is 18.5 Å². The molecule has 1 aromatic heterocycles. The Hall–Kier alpha value is -2.34. The maximum atomic E-state index is 12.3. The zero-order chi connectivity index (χ0) is 22.3. The average molecular weight is 458 g/mol. The number of halogens is 2. The van der Waals surface area contributed by atoms with Crippen LogP contribution in [0.4, 0.5) is 4.79 Å². The number of hydrogen-bond donors (Lipinski definition) is 0. The van der Waals surface area contributed by atoms with Gasteiger partial charge >= 0.3 is 6.09 Å². The lowest BCUT2D eigenvalue weighted by atomic mass is 9.84. The first-order valence-electron chi connectivity index (χ1n) is 10.2.